The summed E-state index contributed by atoms with van der Waals surface area (Å²) in [5.74, 6) is 0.316. The molecular weight excluding hydrogens is 480 g/mol. The fraction of sp³-hybridized carbons (Fsp3) is 0.167. The van der Waals surface area contributed by atoms with E-state index in [4.69, 9.17) is 25.1 Å². The van der Waals surface area contributed by atoms with Gasteiger partial charge in [-0.1, -0.05) is 6.07 Å². The average molecular weight is 502 g/mol. The van der Waals surface area contributed by atoms with E-state index in [1.54, 1.807) is 24.3 Å². The molecule has 0 atom stereocenters. The molecule has 4 N–H and O–H groups in total. The van der Waals surface area contributed by atoms with E-state index in [2.05, 4.69) is 10.3 Å². The molecule has 35 heavy (non-hydrogen) atoms. The summed E-state index contributed by atoms with van der Waals surface area (Å²) >= 11 is 1.32. The molecule has 8 nitrogen and oxygen atoms in total. The third-order valence-electron chi connectivity index (χ3n) is 4.85. The van der Waals surface area contributed by atoms with Gasteiger partial charge in [0.25, 0.3) is 0 Å². The van der Waals surface area contributed by atoms with Crippen molar-refractivity contribution in [3.63, 3.8) is 0 Å². The van der Waals surface area contributed by atoms with Crippen molar-refractivity contribution in [3.05, 3.63) is 76.8 Å². The van der Waals surface area contributed by atoms with E-state index < -0.39 is 17.7 Å². The molecule has 2 heterocycles. The van der Waals surface area contributed by atoms with Crippen LogP contribution in [0.4, 0.5) is 19.4 Å². The SMILES string of the molecule is Nc1ncc(OC(=O)NCCO)c2scc(COc3cccc(OCc4cc(F)ccc4F)c3)c12. The molecule has 0 aliphatic rings. The summed E-state index contributed by atoms with van der Waals surface area (Å²) in [6.45, 7) is -0.139. The number of hydrogen-bond acceptors (Lipinski definition) is 8. The van der Waals surface area contributed by atoms with Crippen molar-refractivity contribution in [1.82, 2.24) is 10.3 Å². The van der Waals surface area contributed by atoms with Crippen LogP contribution in [0.15, 0.2) is 54.0 Å². The number of carbonyl (C=O) groups is 1. The molecule has 2 aromatic carbocycles. The van der Waals surface area contributed by atoms with Gasteiger partial charge in [0, 0.05) is 29.1 Å². The molecule has 1 amide bonds. The Balaban J connectivity index is 1.44. The lowest BCUT2D eigenvalue weighted by atomic mass is 10.2. The van der Waals surface area contributed by atoms with E-state index in [1.165, 1.54) is 17.5 Å². The van der Waals surface area contributed by atoms with Crippen molar-refractivity contribution in [2.24, 2.45) is 0 Å². The highest BCUT2D eigenvalue weighted by Gasteiger charge is 2.16. The van der Waals surface area contributed by atoms with Crippen LogP contribution in [0, 0.1) is 11.6 Å². The summed E-state index contributed by atoms with van der Waals surface area (Å²) in [7, 11) is 0. The average Bonchev–Trinajstić information content (AvgIpc) is 3.29. The fourth-order valence-electron chi connectivity index (χ4n) is 3.21. The van der Waals surface area contributed by atoms with Gasteiger partial charge in [-0.05, 0) is 35.7 Å². The number of aliphatic hydroxyl groups excluding tert-OH is 1. The van der Waals surface area contributed by atoms with Crippen molar-refractivity contribution in [2.75, 3.05) is 18.9 Å². The Morgan fingerprint density at radius 1 is 1.09 bits per heavy atom. The summed E-state index contributed by atoms with van der Waals surface area (Å²) in [5.41, 5.74) is 6.91. The molecule has 182 valence electrons. The second kappa shape index (κ2) is 11.0. The minimum absolute atomic E-state index is 0.0634. The molecule has 0 aliphatic carbocycles. The number of nitrogen functional groups attached to an aromatic ring is 1. The number of halogens is 2. The Labute approximate surface area is 202 Å². The minimum Gasteiger partial charge on any atom is -0.489 e. The number of fused-ring (bicyclic) bond motifs is 1. The van der Waals surface area contributed by atoms with Crippen molar-refractivity contribution in [1.29, 1.82) is 0 Å². The number of carbonyl (C=O) groups excluding carboxylic acids is 1. The van der Waals surface area contributed by atoms with Gasteiger partial charge in [0.1, 0.15) is 42.2 Å². The maximum Gasteiger partial charge on any atom is 0.412 e. The standard InChI is InChI=1S/C24H21F2N3O5S/c25-16-4-5-19(26)14(8-16)11-32-17-2-1-3-18(9-17)33-12-15-13-35-22-20(10-29-23(27)21(15)22)34-24(31)28-6-7-30/h1-5,8-10,13,30H,6-7,11-12H2,(H2,27,29)(H,28,31). The number of ether oxygens (including phenoxy) is 3. The molecular formula is C24H21F2N3O5S. The summed E-state index contributed by atoms with van der Waals surface area (Å²) in [6.07, 6.45) is 0.646. The molecule has 0 radical (unpaired) electrons. The maximum absolute atomic E-state index is 13.8. The maximum atomic E-state index is 13.8. The van der Waals surface area contributed by atoms with E-state index in [0.717, 1.165) is 23.8 Å². The smallest absolute Gasteiger partial charge is 0.412 e. The number of aliphatic hydroxyl groups is 1. The molecule has 0 spiro atoms. The topological polar surface area (TPSA) is 116 Å². The fourth-order valence-corrected chi connectivity index (χ4v) is 4.22. The minimum atomic E-state index is -0.715. The van der Waals surface area contributed by atoms with Crippen molar-refractivity contribution < 1.29 is 32.9 Å². The highest BCUT2D eigenvalue weighted by molar-refractivity contribution is 7.17. The molecule has 0 saturated carbocycles. The molecule has 0 aliphatic heterocycles. The zero-order valence-corrected chi connectivity index (χ0v) is 19.1. The summed E-state index contributed by atoms with van der Waals surface area (Å²) < 4.78 is 44.6. The van der Waals surface area contributed by atoms with Gasteiger partial charge in [0.05, 0.1) is 17.5 Å². The van der Waals surface area contributed by atoms with E-state index in [-0.39, 0.29) is 43.5 Å². The highest BCUT2D eigenvalue weighted by atomic mass is 32.1. The Bertz CT molecular complexity index is 1350. The third-order valence-corrected chi connectivity index (χ3v) is 5.90. The lowest BCUT2D eigenvalue weighted by Crippen LogP contribution is -2.29. The van der Waals surface area contributed by atoms with Gasteiger partial charge >= 0.3 is 6.09 Å². The van der Waals surface area contributed by atoms with Crippen LogP contribution in [0.25, 0.3) is 10.1 Å². The van der Waals surface area contributed by atoms with E-state index in [1.807, 2.05) is 5.38 Å². The molecule has 11 heteroatoms. The predicted molar refractivity (Wildman–Crippen MR) is 127 cm³/mol. The molecule has 4 aromatic rings. The van der Waals surface area contributed by atoms with Gasteiger partial charge in [0.2, 0.25) is 0 Å². The number of nitrogens with one attached hydrogen (secondary N) is 1. The first-order chi connectivity index (χ1) is 16.9. The first-order valence-electron chi connectivity index (χ1n) is 10.4. The van der Waals surface area contributed by atoms with Crippen molar-refractivity contribution >= 4 is 33.3 Å². The summed E-state index contributed by atoms with van der Waals surface area (Å²) in [6, 6.07) is 9.94. The van der Waals surface area contributed by atoms with Gasteiger partial charge in [-0.2, -0.15) is 0 Å². The number of benzene rings is 2. The van der Waals surface area contributed by atoms with Crippen LogP contribution in [-0.4, -0.2) is 29.3 Å². The van der Waals surface area contributed by atoms with Gasteiger partial charge in [0.15, 0.2) is 5.75 Å². The Kier molecular flexibility index (Phi) is 7.58. The molecule has 0 saturated heterocycles. The lowest BCUT2D eigenvalue weighted by Gasteiger charge is -2.11. The van der Waals surface area contributed by atoms with Gasteiger partial charge in [-0.15, -0.1) is 11.3 Å². The van der Waals surface area contributed by atoms with Gasteiger partial charge < -0.3 is 30.4 Å². The first kappa shape index (κ1) is 24.2. The quantitative estimate of drug-likeness (QED) is 0.311. The first-order valence-corrected chi connectivity index (χ1v) is 11.3. The van der Waals surface area contributed by atoms with Crippen LogP contribution < -0.4 is 25.3 Å². The second-order valence-corrected chi connectivity index (χ2v) is 8.18. The Morgan fingerprint density at radius 2 is 1.83 bits per heavy atom. The van der Waals surface area contributed by atoms with E-state index in [9.17, 15) is 13.6 Å². The van der Waals surface area contributed by atoms with Gasteiger partial charge in [-0.25, -0.2) is 18.6 Å². The predicted octanol–water partition coefficient (Wildman–Crippen LogP) is 4.40. The van der Waals surface area contributed by atoms with Crippen LogP contribution in [0.3, 0.4) is 0 Å². The molecule has 2 aromatic heterocycles. The molecule has 0 unspecified atom stereocenters. The van der Waals surface area contributed by atoms with Crippen LogP contribution in [0.1, 0.15) is 11.1 Å². The number of aromatic nitrogens is 1. The van der Waals surface area contributed by atoms with Crippen LogP contribution in [0.2, 0.25) is 0 Å². The summed E-state index contributed by atoms with van der Waals surface area (Å²) in [4.78, 5) is 16.0. The number of hydrogen-bond donors (Lipinski definition) is 3. The number of thiophene rings is 1. The van der Waals surface area contributed by atoms with Crippen molar-refractivity contribution in [3.8, 4) is 17.2 Å². The summed E-state index contributed by atoms with van der Waals surface area (Å²) in [5, 5.41) is 13.7. The zero-order chi connectivity index (χ0) is 24.8. The Hall–Kier alpha value is -3.96. The molecule has 0 bridgehead atoms. The highest BCUT2D eigenvalue weighted by Crippen LogP contribution is 2.37. The molecule has 4 rings (SSSR count). The van der Waals surface area contributed by atoms with Crippen molar-refractivity contribution in [2.45, 2.75) is 13.2 Å². The lowest BCUT2D eigenvalue weighted by molar-refractivity contribution is 0.196. The number of anilines is 1. The van der Waals surface area contributed by atoms with Crippen LogP contribution in [0.5, 0.6) is 17.2 Å². The van der Waals surface area contributed by atoms with E-state index >= 15 is 0 Å². The van der Waals surface area contributed by atoms with Gasteiger partial charge in [-0.3, -0.25) is 0 Å². The number of nitrogens with two attached hydrogens (primary N) is 1. The normalized spacial score (nSPS) is 10.8. The molecule has 0 fully saturated rings. The number of rotatable bonds is 9. The monoisotopic (exact) mass is 501 g/mol. The third kappa shape index (κ3) is 5.94. The Morgan fingerprint density at radius 3 is 2.57 bits per heavy atom. The second-order valence-electron chi connectivity index (χ2n) is 7.30. The van der Waals surface area contributed by atoms with Crippen LogP contribution >= 0.6 is 11.3 Å². The number of amides is 1. The van der Waals surface area contributed by atoms with E-state index in [0.29, 0.717) is 21.6 Å². The number of nitrogens with zero attached hydrogens (tertiary/aromatic N) is 1. The zero-order valence-electron chi connectivity index (χ0n) is 18.3. The largest absolute Gasteiger partial charge is 0.489 e. The number of pyridine rings is 1. The van der Waals surface area contributed by atoms with Crippen LogP contribution in [-0.2, 0) is 13.2 Å².